The van der Waals surface area contributed by atoms with Crippen LogP contribution >= 0.6 is 11.3 Å². The van der Waals surface area contributed by atoms with Crippen LogP contribution in [-0.4, -0.2) is 24.6 Å². The van der Waals surface area contributed by atoms with Crippen molar-refractivity contribution < 1.29 is 0 Å². The second kappa shape index (κ2) is 5.19. The molecule has 3 nitrogen and oxygen atoms in total. The molecule has 1 aromatic heterocycles. The van der Waals surface area contributed by atoms with Crippen molar-refractivity contribution in [1.82, 2.24) is 10.3 Å². The lowest BCUT2D eigenvalue weighted by molar-refractivity contribution is 0.561. The van der Waals surface area contributed by atoms with E-state index < -0.39 is 0 Å². The van der Waals surface area contributed by atoms with Crippen molar-refractivity contribution in [2.24, 2.45) is 0 Å². The van der Waals surface area contributed by atoms with E-state index in [4.69, 9.17) is 0 Å². The van der Waals surface area contributed by atoms with Crippen LogP contribution in [0.5, 0.6) is 0 Å². The molecule has 13 heavy (non-hydrogen) atoms. The number of likely N-dealkylation sites (N-methyl/N-ethyl adjacent to an activating group) is 1. The van der Waals surface area contributed by atoms with E-state index in [0.717, 1.165) is 18.1 Å². The molecule has 2 N–H and O–H groups in total. The summed E-state index contributed by atoms with van der Waals surface area (Å²) in [6, 6.07) is 0.511. The molecule has 0 aromatic carbocycles. The molecule has 0 bridgehead atoms. The third-order valence-electron chi connectivity index (χ3n) is 1.83. The van der Waals surface area contributed by atoms with Gasteiger partial charge in [0, 0.05) is 24.9 Å². The van der Waals surface area contributed by atoms with Crippen molar-refractivity contribution in [2.45, 2.75) is 26.3 Å². The van der Waals surface area contributed by atoms with Gasteiger partial charge in [-0.25, -0.2) is 4.98 Å². The quantitative estimate of drug-likeness (QED) is 0.758. The van der Waals surface area contributed by atoms with E-state index in [-0.39, 0.29) is 0 Å². The van der Waals surface area contributed by atoms with E-state index in [1.165, 1.54) is 5.69 Å². The summed E-state index contributed by atoms with van der Waals surface area (Å²) in [5, 5.41) is 9.51. The number of hydrogen-bond donors (Lipinski definition) is 2. The summed E-state index contributed by atoms with van der Waals surface area (Å²) in [5.74, 6) is 0. The predicted octanol–water partition coefficient (Wildman–Crippen LogP) is 1.73. The van der Waals surface area contributed by atoms with Gasteiger partial charge in [-0.3, -0.25) is 0 Å². The Kier molecular flexibility index (Phi) is 4.18. The first-order valence-electron chi connectivity index (χ1n) is 4.61. The molecule has 4 heteroatoms. The van der Waals surface area contributed by atoms with Gasteiger partial charge in [-0.2, -0.15) is 0 Å². The fraction of sp³-hybridized carbons (Fsp3) is 0.667. The van der Waals surface area contributed by atoms with Crippen molar-refractivity contribution in [2.75, 3.05) is 18.9 Å². The van der Waals surface area contributed by atoms with Gasteiger partial charge in [0.1, 0.15) is 0 Å². The normalized spacial score (nSPS) is 12.8. The lowest BCUT2D eigenvalue weighted by atomic mass is 10.2. The Balaban J connectivity index is 2.44. The average molecular weight is 199 g/mol. The maximum atomic E-state index is 4.42. The smallest absolute Gasteiger partial charge is 0.182 e. The van der Waals surface area contributed by atoms with Crippen molar-refractivity contribution in [3.63, 3.8) is 0 Å². The molecule has 0 aliphatic rings. The number of thiazole rings is 1. The van der Waals surface area contributed by atoms with Crippen LogP contribution in [-0.2, 0) is 6.42 Å². The molecule has 0 spiro atoms. The molecule has 0 fully saturated rings. The lowest BCUT2D eigenvalue weighted by Gasteiger charge is -2.09. The first-order chi connectivity index (χ1) is 6.26. The zero-order valence-corrected chi connectivity index (χ0v) is 9.24. The third kappa shape index (κ3) is 3.32. The van der Waals surface area contributed by atoms with Gasteiger partial charge < -0.3 is 10.6 Å². The summed E-state index contributed by atoms with van der Waals surface area (Å²) < 4.78 is 0. The Labute approximate surface area is 83.6 Å². The van der Waals surface area contributed by atoms with Crippen LogP contribution in [0.1, 0.15) is 19.5 Å². The van der Waals surface area contributed by atoms with Gasteiger partial charge in [0.2, 0.25) is 0 Å². The molecule has 1 atom stereocenters. The van der Waals surface area contributed by atoms with Crippen LogP contribution in [0.25, 0.3) is 0 Å². The first-order valence-corrected chi connectivity index (χ1v) is 5.49. The number of anilines is 1. The minimum Gasteiger partial charge on any atom is -0.365 e. The van der Waals surface area contributed by atoms with Crippen LogP contribution in [0, 0.1) is 0 Å². The van der Waals surface area contributed by atoms with E-state index in [1.807, 2.05) is 7.05 Å². The fourth-order valence-electron chi connectivity index (χ4n) is 1.25. The van der Waals surface area contributed by atoms with E-state index in [1.54, 1.807) is 11.3 Å². The number of nitrogens with zero attached hydrogens (tertiary/aromatic N) is 1. The molecule has 0 aliphatic carbocycles. The molecule has 74 valence electrons. The zero-order chi connectivity index (χ0) is 9.68. The van der Waals surface area contributed by atoms with Crippen LogP contribution in [0.3, 0.4) is 0 Å². The maximum absolute atomic E-state index is 4.42. The second-order valence-corrected chi connectivity index (χ2v) is 3.91. The van der Waals surface area contributed by atoms with Crippen LogP contribution in [0.15, 0.2) is 5.38 Å². The summed E-state index contributed by atoms with van der Waals surface area (Å²) in [4.78, 5) is 4.42. The Bertz CT molecular complexity index is 247. The fourth-order valence-corrected chi connectivity index (χ4v) is 1.93. The van der Waals surface area contributed by atoms with E-state index in [9.17, 15) is 0 Å². The van der Waals surface area contributed by atoms with Gasteiger partial charge >= 0.3 is 0 Å². The number of hydrogen-bond acceptors (Lipinski definition) is 4. The molecule has 1 rings (SSSR count). The molecule has 1 heterocycles. The predicted molar refractivity (Wildman–Crippen MR) is 58.5 cm³/mol. The van der Waals surface area contributed by atoms with Crippen molar-refractivity contribution in [3.05, 3.63) is 11.1 Å². The molecule has 0 aliphatic heterocycles. The van der Waals surface area contributed by atoms with Gasteiger partial charge in [-0.05, 0) is 13.5 Å². The summed E-state index contributed by atoms with van der Waals surface area (Å²) in [5.41, 5.74) is 1.17. The topological polar surface area (TPSA) is 37.0 Å². The highest BCUT2D eigenvalue weighted by Crippen LogP contribution is 2.15. The summed E-state index contributed by atoms with van der Waals surface area (Å²) in [6.07, 6.45) is 1.01. The van der Waals surface area contributed by atoms with E-state index in [2.05, 4.69) is 34.8 Å². The van der Waals surface area contributed by atoms with Crippen molar-refractivity contribution in [3.8, 4) is 0 Å². The van der Waals surface area contributed by atoms with Crippen LogP contribution in [0.4, 0.5) is 5.13 Å². The third-order valence-corrected chi connectivity index (χ3v) is 2.74. The highest BCUT2D eigenvalue weighted by Gasteiger charge is 2.04. The molecular weight excluding hydrogens is 182 g/mol. The average Bonchev–Trinajstić information content (AvgIpc) is 2.52. The van der Waals surface area contributed by atoms with Crippen LogP contribution in [0.2, 0.25) is 0 Å². The van der Waals surface area contributed by atoms with Crippen molar-refractivity contribution in [1.29, 1.82) is 0 Å². The number of nitrogens with one attached hydrogen (secondary N) is 2. The summed E-state index contributed by atoms with van der Waals surface area (Å²) in [7, 11) is 1.90. The standard InChI is InChI=1S/C9H17N3S/c1-4-11-7(2)5-8-6-13-9(10-3)12-8/h6-7,11H,4-5H2,1-3H3,(H,10,12). The first kappa shape index (κ1) is 10.5. The SMILES string of the molecule is CCNC(C)Cc1csc(NC)n1. The Morgan fingerprint density at radius 3 is 2.92 bits per heavy atom. The van der Waals surface area contributed by atoms with E-state index >= 15 is 0 Å². The largest absolute Gasteiger partial charge is 0.365 e. The molecule has 0 saturated heterocycles. The minimum absolute atomic E-state index is 0.511. The number of aromatic nitrogens is 1. The zero-order valence-electron chi connectivity index (χ0n) is 8.42. The Morgan fingerprint density at radius 1 is 1.62 bits per heavy atom. The highest BCUT2D eigenvalue weighted by atomic mass is 32.1. The van der Waals surface area contributed by atoms with Gasteiger partial charge in [0.25, 0.3) is 0 Å². The minimum atomic E-state index is 0.511. The summed E-state index contributed by atoms with van der Waals surface area (Å²) in [6.45, 7) is 5.32. The van der Waals surface area contributed by atoms with Gasteiger partial charge in [0.05, 0.1) is 5.69 Å². The Hall–Kier alpha value is -0.610. The molecule has 0 amide bonds. The summed E-state index contributed by atoms with van der Waals surface area (Å²) >= 11 is 1.66. The van der Waals surface area contributed by atoms with Gasteiger partial charge in [-0.15, -0.1) is 11.3 Å². The molecule has 1 unspecified atom stereocenters. The lowest BCUT2D eigenvalue weighted by Crippen LogP contribution is -2.27. The molecular formula is C9H17N3S. The monoisotopic (exact) mass is 199 g/mol. The second-order valence-electron chi connectivity index (χ2n) is 3.06. The van der Waals surface area contributed by atoms with Gasteiger partial charge in [-0.1, -0.05) is 6.92 Å². The van der Waals surface area contributed by atoms with E-state index in [0.29, 0.717) is 6.04 Å². The van der Waals surface area contributed by atoms with Crippen molar-refractivity contribution >= 4 is 16.5 Å². The highest BCUT2D eigenvalue weighted by molar-refractivity contribution is 7.13. The van der Waals surface area contributed by atoms with Gasteiger partial charge in [0.15, 0.2) is 5.13 Å². The Morgan fingerprint density at radius 2 is 2.38 bits per heavy atom. The van der Waals surface area contributed by atoms with Crippen LogP contribution < -0.4 is 10.6 Å². The maximum Gasteiger partial charge on any atom is 0.182 e. The molecule has 1 aromatic rings. The molecule has 0 saturated carbocycles. The molecule has 0 radical (unpaired) electrons. The number of rotatable bonds is 5.